The van der Waals surface area contributed by atoms with Gasteiger partial charge in [-0.25, -0.2) is 0 Å². The molecule has 4 saturated carbocycles. The second-order valence-electron chi connectivity index (χ2n) is 30.7. The van der Waals surface area contributed by atoms with Crippen molar-refractivity contribution in [3.63, 3.8) is 0 Å². The molecular formula is C63H102O33. The molecule has 0 radical (unpaired) electrons. The molecule has 6 saturated heterocycles. The average Bonchev–Trinajstić information content (AvgIpc) is 0.691. The standard InChI is InChI=1S/C63H102O33/c1-24-44(91-50-42(80)45(29(71)19-85-50)92-55-48(82)62(84,22-68)23-87-55)39(77)41(79)51(88-24)94-47-35(73)28(70)18-86-54(47)96-56(83)63-12-11-57(2,3)13-26(63)25-7-8-32-58(4)14-27(69)49(61(20-66,21-67)33(58)9-10-59(32,5)60(25,6)15-34(63)72)95-53-43(81)46(37(75)31(17-65)90-53)93-52-40(78)38(76)36(74)30(16-64)89-52/h7,24,26-55,64-82,84H,8-23H2,1-6H3/t24-,26-,27-,28-,29+,30+,31+,32+,33+,34+,35-,36+,37+,38-,39-,40+,41+,42+,43?,44-,45-,46-,47+,48-,49-,50-,51-,52-,53-,54-,55-,58+,59+,60+,62+,63+/m0/s1. The van der Waals surface area contributed by atoms with Crippen molar-refractivity contribution >= 4 is 5.97 Å². The molecule has 0 spiro atoms. The van der Waals surface area contributed by atoms with E-state index in [4.69, 9.17) is 56.8 Å². The fourth-order valence-electron chi connectivity index (χ4n) is 18.9. The van der Waals surface area contributed by atoms with E-state index in [2.05, 4.69) is 33.8 Å². The molecular weight excluding hydrogens is 1280 g/mol. The number of hydrogen-bond acceptors (Lipinski definition) is 33. The van der Waals surface area contributed by atoms with Crippen LogP contribution in [0.3, 0.4) is 0 Å². The molecule has 6 aliphatic heterocycles. The lowest BCUT2D eigenvalue weighted by Gasteiger charge is -2.72. The molecule has 33 heteroatoms. The lowest BCUT2D eigenvalue weighted by Crippen LogP contribution is -2.72. The third kappa shape index (κ3) is 12.3. The van der Waals surface area contributed by atoms with Gasteiger partial charge in [-0.3, -0.25) is 4.79 Å². The van der Waals surface area contributed by atoms with Crippen molar-refractivity contribution < 1.29 is 164 Å². The SMILES string of the molecule is C[C@@H]1O[C@@H](O[C@H]2[C@H](OC(=O)[C@]34CCC(C)(C)C[C@H]3C3=CC[C@@H]5[C@@]6(C)C[C@H](O)[C@H](O[C@@H]7O[C@H](CO)[C@@H](O)[C@H](O[C@@H]8O[C@H](CO)[C@@H](O)[C@H](O)[C@H]8O)C7O)C(CO)(CO)[C@@H]6CC[C@@]5(C)[C@]3(C)C[C@H]4O)OC[C@H](O)[C@@H]2O)[C@H](O)[C@H](O)[C@H]1O[C@@H]1OC[C@@H](O)[C@H](O[C@@H]2OC[C@](O)(CO)[C@H]2O)[C@H]1O. The maximum Gasteiger partial charge on any atom is 0.317 e. The summed E-state index contributed by atoms with van der Waals surface area (Å²) in [5, 5.41) is 222. The monoisotopic (exact) mass is 1390 g/mol. The van der Waals surface area contributed by atoms with Crippen molar-refractivity contribution in [3.8, 4) is 0 Å². The van der Waals surface area contributed by atoms with Gasteiger partial charge in [0.25, 0.3) is 0 Å². The van der Waals surface area contributed by atoms with E-state index in [9.17, 15) is 102 Å². The first-order valence-corrected chi connectivity index (χ1v) is 33.4. The molecule has 20 N–H and O–H groups in total. The molecule has 0 aromatic heterocycles. The Balaban J connectivity index is 0.804. The molecule has 0 aromatic rings. The number of carbonyl (C=O) groups is 1. The Kier molecular flexibility index (Phi) is 21.8. The molecule has 11 rings (SSSR count). The van der Waals surface area contributed by atoms with E-state index in [1.807, 2.05) is 6.92 Å². The molecule has 0 amide bonds. The first-order valence-electron chi connectivity index (χ1n) is 33.4. The average molecular weight is 1390 g/mol. The Hall–Kier alpha value is -2.03. The van der Waals surface area contributed by atoms with Crippen molar-refractivity contribution in [2.75, 3.05) is 52.9 Å². The minimum absolute atomic E-state index is 0.00569. The summed E-state index contributed by atoms with van der Waals surface area (Å²) in [7, 11) is 0. The van der Waals surface area contributed by atoms with Gasteiger partial charge >= 0.3 is 5.97 Å². The largest absolute Gasteiger partial charge is 0.432 e. The predicted molar refractivity (Wildman–Crippen MR) is 314 cm³/mol. The van der Waals surface area contributed by atoms with Gasteiger partial charge in [0.2, 0.25) is 6.29 Å². The van der Waals surface area contributed by atoms with Crippen LogP contribution in [0.15, 0.2) is 11.6 Å². The van der Waals surface area contributed by atoms with E-state index in [0.717, 1.165) is 5.57 Å². The van der Waals surface area contributed by atoms with Crippen molar-refractivity contribution in [3.05, 3.63) is 11.6 Å². The predicted octanol–water partition coefficient (Wildman–Crippen LogP) is -7.55. The summed E-state index contributed by atoms with van der Waals surface area (Å²) in [6.07, 6.45) is -43.6. The second-order valence-corrected chi connectivity index (χ2v) is 30.7. The third-order valence-electron chi connectivity index (χ3n) is 24.7. The van der Waals surface area contributed by atoms with Crippen molar-refractivity contribution in [1.29, 1.82) is 0 Å². The van der Waals surface area contributed by atoms with E-state index in [1.54, 1.807) is 0 Å². The first kappa shape index (κ1) is 75.1. The maximum absolute atomic E-state index is 15.6. The lowest BCUT2D eigenvalue weighted by atomic mass is 9.33. The van der Waals surface area contributed by atoms with E-state index in [1.165, 1.54) is 6.92 Å². The van der Waals surface area contributed by atoms with E-state index in [-0.39, 0.29) is 25.2 Å². The molecule has 10 fully saturated rings. The molecule has 1 unspecified atom stereocenters. The van der Waals surface area contributed by atoms with Gasteiger partial charge in [-0.1, -0.05) is 46.3 Å². The highest BCUT2D eigenvalue weighted by Gasteiger charge is 2.74. The fraction of sp³-hybridized carbons (Fsp3) is 0.952. The zero-order chi connectivity index (χ0) is 70.1. The fourth-order valence-corrected chi connectivity index (χ4v) is 18.9. The highest BCUT2D eigenvalue weighted by atomic mass is 16.8. The van der Waals surface area contributed by atoms with Gasteiger partial charge < -0.3 is 159 Å². The van der Waals surface area contributed by atoms with E-state index >= 15 is 4.79 Å². The van der Waals surface area contributed by atoms with Crippen LogP contribution in [0.4, 0.5) is 0 Å². The molecule has 11 aliphatic rings. The van der Waals surface area contributed by atoms with Crippen LogP contribution < -0.4 is 0 Å². The maximum atomic E-state index is 15.6. The zero-order valence-electron chi connectivity index (χ0n) is 54.5. The number of ether oxygens (including phenoxy) is 12. The minimum Gasteiger partial charge on any atom is -0.432 e. The van der Waals surface area contributed by atoms with Gasteiger partial charge in [0, 0.05) is 5.41 Å². The summed E-state index contributed by atoms with van der Waals surface area (Å²) < 4.78 is 70.3. The van der Waals surface area contributed by atoms with Crippen LogP contribution in [0.2, 0.25) is 0 Å². The number of aliphatic hydroxyl groups is 20. The molecule has 552 valence electrons. The summed E-state index contributed by atoms with van der Waals surface area (Å²) in [4.78, 5) is 15.6. The van der Waals surface area contributed by atoms with Crippen LogP contribution in [0.5, 0.6) is 0 Å². The van der Waals surface area contributed by atoms with Crippen LogP contribution >= 0.6 is 0 Å². The van der Waals surface area contributed by atoms with Gasteiger partial charge in [0.1, 0.15) is 115 Å². The number of esters is 1. The Labute approximate surface area is 553 Å². The third-order valence-corrected chi connectivity index (χ3v) is 24.7. The molecule has 33 nitrogen and oxygen atoms in total. The van der Waals surface area contributed by atoms with Crippen LogP contribution in [0.1, 0.15) is 92.9 Å². The van der Waals surface area contributed by atoms with Crippen LogP contribution in [0, 0.1) is 50.2 Å². The Bertz CT molecular complexity index is 2710. The van der Waals surface area contributed by atoms with Crippen LogP contribution in [-0.4, -0.2) is 339 Å². The van der Waals surface area contributed by atoms with Gasteiger partial charge in [-0.15, -0.1) is 0 Å². The van der Waals surface area contributed by atoms with Gasteiger partial charge in [-0.2, -0.15) is 0 Å². The summed E-state index contributed by atoms with van der Waals surface area (Å²) in [5.41, 5.74) is -7.41. The summed E-state index contributed by atoms with van der Waals surface area (Å²) >= 11 is 0. The number of hydrogen-bond donors (Lipinski definition) is 20. The Morgan fingerprint density at radius 3 is 1.76 bits per heavy atom. The number of carbonyl (C=O) groups excluding carboxylic acids is 1. The Morgan fingerprint density at radius 2 is 1.11 bits per heavy atom. The molecule has 6 heterocycles. The summed E-state index contributed by atoms with van der Waals surface area (Å²) in [6, 6.07) is 0. The zero-order valence-corrected chi connectivity index (χ0v) is 54.5. The highest BCUT2D eigenvalue weighted by Crippen LogP contribution is 2.76. The number of rotatable bonds is 17. The second kappa shape index (κ2) is 27.9. The quantitative estimate of drug-likeness (QED) is 0.0365. The summed E-state index contributed by atoms with van der Waals surface area (Å²) in [5.74, 6) is -2.53. The molecule has 36 atom stereocenters. The molecule has 0 bridgehead atoms. The highest BCUT2D eigenvalue weighted by molar-refractivity contribution is 5.80. The smallest absolute Gasteiger partial charge is 0.317 e. The number of allylic oxidation sites excluding steroid dienone is 2. The van der Waals surface area contributed by atoms with Crippen molar-refractivity contribution in [2.45, 2.75) is 271 Å². The first-order chi connectivity index (χ1) is 45.1. The van der Waals surface area contributed by atoms with Gasteiger partial charge in [-0.05, 0) is 97.7 Å². The normalized spacial score (nSPS) is 54.0. The van der Waals surface area contributed by atoms with Gasteiger partial charge in [0.15, 0.2) is 37.6 Å². The topological polar surface area (TPSA) is 532 Å². The van der Waals surface area contributed by atoms with E-state index in [0.29, 0.717) is 32.1 Å². The lowest BCUT2D eigenvalue weighted by molar-refractivity contribution is -0.377. The number of fused-ring (bicyclic) bond motifs is 7. The van der Waals surface area contributed by atoms with Crippen LogP contribution in [0.25, 0.3) is 0 Å². The molecule has 0 aromatic carbocycles. The molecule has 96 heavy (non-hydrogen) atoms. The van der Waals surface area contributed by atoms with Crippen molar-refractivity contribution in [1.82, 2.24) is 0 Å². The van der Waals surface area contributed by atoms with Crippen LogP contribution in [-0.2, 0) is 61.6 Å². The van der Waals surface area contributed by atoms with Gasteiger partial charge in [0.05, 0.1) is 77.3 Å². The minimum atomic E-state index is -2.09. The van der Waals surface area contributed by atoms with Crippen molar-refractivity contribution in [2.24, 2.45) is 50.2 Å². The Morgan fingerprint density at radius 1 is 0.531 bits per heavy atom. The molecule has 5 aliphatic carbocycles. The summed E-state index contributed by atoms with van der Waals surface area (Å²) in [6.45, 7) is 6.04. The van der Waals surface area contributed by atoms with E-state index < -0.39 is 281 Å². The number of aliphatic hydroxyl groups excluding tert-OH is 19.